The summed E-state index contributed by atoms with van der Waals surface area (Å²) in [4.78, 5) is 11.3. The quantitative estimate of drug-likeness (QED) is 0.803. The van der Waals surface area contributed by atoms with Crippen molar-refractivity contribution >= 4 is 5.97 Å². The summed E-state index contributed by atoms with van der Waals surface area (Å²) in [6.07, 6.45) is 1.15. The molecule has 0 saturated carbocycles. The average molecular weight is 235 g/mol. The van der Waals surface area contributed by atoms with Crippen LogP contribution in [0.4, 0.5) is 0 Å². The van der Waals surface area contributed by atoms with Gasteiger partial charge >= 0.3 is 5.97 Å². The Morgan fingerprint density at radius 1 is 1.53 bits per heavy atom. The molecule has 1 aromatic carbocycles. The van der Waals surface area contributed by atoms with Gasteiger partial charge in [-0.2, -0.15) is 0 Å². The molecule has 4 nitrogen and oxygen atoms in total. The maximum absolute atomic E-state index is 11.3. The van der Waals surface area contributed by atoms with E-state index in [2.05, 4.69) is 10.1 Å². The molecule has 0 radical (unpaired) electrons. The summed E-state index contributed by atoms with van der Waals surface area (Å²) >= 11 is 0. The standard InChI is InChI=1S/C13H17NO3/c1-16-13(15)11-3-2-4-12(7-11)17-9-10-5-6-14-8-10/h2-4,7,10,14H,5-6,8-9H2,1H3/t10-/m0/s1. The third-order valence-electron chi connectivity index (χ3n) is 2.90. The molecule has 0 bridgehead atoms. The second-order valence-corrected chi connectivity index (χ2v) is 4.19. The number of benzene rings is 1. The predicted molar refractivity (Wildman–Crippen MR) is 64.3 cm³/mol. The summed E-state index contributed by atoms with van der Waals surface area (Å²) in [5, 5.41) is 3.29. The Kier molecular flexibility index (Phi) is 3.98. The zero-order chi connectivity index (χ0) is 12.1. The van der Waals surface area contributed by atoms with Gasteiger partial charge in [0.2, 0.25) is 0 Å². The first-order valence-corrected chi connectivity index (χ1v) is 5.81. The summed E-state index contributed by atoms with van der Waals surface area (Å²) in [6, 6.07) is 7.09. The van der Waals surface area contributed by atoms with Crippen LogP contribution in [0.3, 0.4) is 0 Å². The van der Waals surface area contributed by atoms with Crippen molar-refractivity contribution in [2.24, 2.45) is 5.92 Å². The first kappa shape index (κ1) is 11.9. The van der Waals surface area contributed by atoms with Crippen molar-refractivity contribution in [3.8, 4) is 5.75 Å². The van der Waals surface area contributed by atoms with Gasteiger partial charge in [0.1, 0.15) is 5.75 Å². The van der Waals surface area contributed by atoms with E-state index in [-0.39, 0.29) is 5.97 Å². The van der Waals surface area contributed by atoms with Crippen molar-refractivity contribution in [1.82, 2.24) is 5.32 Å². The van der Waals surface area contributed by atoms with Crippen LogP contribution in [0.15, 0.2) is 24.3 Å². The molecular formula is C13H17NO3. The molecule has 1 N–H and O–H groups in total. The first-order valence-electron chi connectivity index (χ1n) is 5.81. The summed E-state index contributed by atoms with van der Waals surface area (Å²) in [6.45, 7) is 2.77. The Bertz CT molecular complexity index is 386. The van der Waals surface area contributed by atoms with Crippen molar-refractivity contribution in [2.45, 2.75) is 6.42 Å². The van der Waals surface area contributed by atoms with Gasteiger partial charge in [-0.25, -0.2) is 4.79 Å². The number of esters is 1. The van der Waals surface area contributed by atoms with E-state index in [0.717, 1.165) is 25.3 Å². The highest BCUT2D eigenvalue weighted by Gasteiger charge is 2.15. The lowest BCUT2D eigenvalue weighted by molar-refractivity contribution is 0.0600. The molecule has 17 heavy (non-hydrogen) atoms. The van der Waals surface area contributed by atoms with Gasteiger partial charge in [-0.15, -0.1) is 0 Å². The average Bonchev–Trinajstić information content (AvgIpc) is 2.89. The van der Waals surface area contributed by atoms with Gasteiger partial charge in [0.05, 0.1) is 19.3 Å². The van der Waals surface area contributed by atoms with E-state index in [0.29, 0.717) is 18.1 Å². The fraction of sp³-hybridized carbons (Fsp3) is 0.462. The molecule has 1 atom stereocenters. The Balaban J connectivity index is 1.93. The van der Waals surface area contributed by atoms with E-state index < -0.39 is 0 Å². The van der Waals surface area contributed by atoms with Crippen molar-refractivity contribution in [2.75, 3.05) is 26.8 Å². The van der Waals surface area contributed by atoms with Gasteiger partial charge in [0, 0.05) is 12.5 Å². The van der Waals surface area contributed by atoms with E-state index in [1.165, 1.54) is 7.11 Å². The molecule has 0 amide bonds. The van der Waals surface area contributed by atoms with Crippen LogP contribution in [0.1, 0.15) is 16.8 Å². The molecule has 1 aliphatic rings. The minimum atomic E-state index is -0.335. The highest BCUT2D eigenvalue weighted by Crippen LogP contribution is 2.16. The Labute approximate surface area is 101 Å². The van der Waals surface area contributed by atoms with Crippen LogP contribution in [0.2, 0.25) is 0 Å². The number of nitrogens with one attached hydrogen (secondary N) is 1. The SMILES string of the molecule is COC(=O)c1cccc(OC[C@H]2CCNC2)c1. The molecular weight excluding hydrogens is 218 g/mol. The van der Waals surface area contributed by atoms with Gasteiger partial charge in [0.15, 0.2) is 0 Å². The van der Waals surface area contributed by atoms with Crippen LogP contribution in [0, 0.1) is 5.92 Å². The van der Waals surface area contributed by atoms with E-state index in [4.69, 9.17) is 4.74 Å². The van der Waals surface area contributed by atoms with Gasteiger partial charge in [0.25, 0.3) is 0 Å². The maximum Gasteiger partial charge on any atom is 0.337 e. The Morgan fingerprint density at radius 3 is 3.12 bits per heavy atom. The van der Waals surface area contributed by atoms with Crippen LogP contribution in [0.25, 0.3) is 0 Å². The number of methoxy groups -OCH3 is 1. The lowest BCUT2D eigenvalue weighted by Crippen LogP contribution is -2.15. The molecule has 2 rings (SSSR count). The second-order valence-electron chi connectivity index (χ2n) is 4.19. The number of rotatable bonds is 4. The molecule has 1 aromatic rings. The third-order valence-corrected chi connectivity index (χ3v) is 2.90. The number of hydrogen-bond donors (Lipinski definition) is 1. The van der Waals surface area contributed by atoms with Crippen LogP contribution < -0.4 is 10.1 Å². The van der Waals surface area contributed by atoms with E-state index in [1.54, 1.807) is 18.2 Å². The van der Waals surface area contributed by atoms with Gasteiger partial charge in [-0.3, -0.25) is 0 Å². The topological polar surface area (TPSA) is 47.6 Å². The van der Waals surface area contributed by atoms with Crippen molar-refractivity contribution in [1.29, 1.82) is 0 Å². The minimum Gasteiger partial charge on any atom is -0.493 e. The molecule has 1 heterocycles. The van der Waals surface area contributed by atoms with Crippen molar-refractivity contribution < 1.29 is 14.3 Å². The van der Waals surface area contributed by atoms with Crippen molar-refractivity contribution in [3.05, 3.63) is 29.8 Å². The first-order chi connectivity index (χ1) is 8.29. The van der Waals surface area contributed by atoms with Crippen LogP contribution in [0.5, 0.6) is 5.75 Å². The smallest absolute Gasteiger partial charge is 0.337 e. The Hall–Kier alpha value is -1.55. The summed E-state index contributed by atoms with van der Waals surface area (Å²) in [5.74, 6) is 0.953. The lowest BCUT2D eigenvalue weighted by Gasteiger charge is -2.11. The van der Waals surface area contributed by atoms with Crippen LogP contribution in [-0.4, -0.2) is 32.8 Å². The highest BCUT2D eigenvalue weighted by molar-refractivity contribution is 5.89. The Morgan fingerprint density at radius 2 is 2.41 bits per heavy atom. The normalized spacial score (nSPS) is 19.0. The molecule has 0 unspecified atom stereocenters. The highest BCUT2D eigenvalue weighted by atomic mass is 16.5. The number of carbonyl (C=O) groups is 1. The maximum atomic E-state index is 11.3. The zero-order valence-corrected chi connectivity index (χ0v) is 9.94. The fourth-order valence-electron chi connectivity index (χ4n) is 1.90. The molecule has 0 aliphatic carbocycles. The third kappa shape index (κ3) is 3.20. The summed E-state index contributed by atoms with van der Waals surface area (Å²) in [7, 11) is 1.38. The molecule has 92 valence electrons. The lowest BCUT2D eigenvalue weighted by atomic mass is 10.1. The molecule has 4 heteroatoms. The second kappa shape index (κ2) is 5.68. The summed E-state index contributed by atoms with van der Waals surface area (Å²) in [5.41, 5.74) is 0.523. The number of hydrogen-bond acceptors (Lipinski definition) is 4. The van der Waals surface area contributed by atoms with Gasteiger partial charge in [-0.05, 0) is 31.2 Å². The predicted octanol–water partition coefficient (Wildman–Crippen LogP) is 1.46. The van der Waals surface area contributed by atoms with Gasteiger partial charge < -0.3 is 14.8 Å². The molecule has 0 aromatic heterocycles. The monoisotopic (exact) mass is 235 g/mol. The van der Waals surface area contributed by atoms with E-state index in [9.17, 15) is 4.79 Å². The van der Waals surface area contributed by atoms with Crippen molar-refractivity contribution in [3.63, 3.8) is 0 Å². The van der Waals surface area contributed by atoms with E-state index >= 15 is 0 Å². The largest absolute Gasteiger partial charge is 0.493 e. The number of ether oxygens (including phenoxy) is 2. The number of carbonyl (C=O) groups excluding carboxylic acids is 1. The fourth-order valence-corrected chi connectivity index (χ4v) is 1.90. The van der Waals surface area contributed by atoms with Crippen LogP contribution in [-0.2, 0) is 4.74 Å². The zero-order valence-electron chi connectivity index (χ0n) is 9.94. The van der Waals surface area contributed by atoms with Gasteiger partial charge in [-0.1, -0.05) is 6.07 Å². The molecule has 1 saturated heterocycles. The summed E-state index contributed by atoms with van der Waals surface area (Å²) < 4.78 is 10.3. The molecule has 1 fully saturated rings. The van der Waals surface area contributed by atoms with E-state index in [1.807, 2.05) is 6.07 Å². The molecule has 0 spiro atoms. The minimum absolute atomic E-state index is 0.335. The molecule has 1 aliphatic heterocycles. The van der Waals surface area contributed by atoms with Crippen LogP contribution >= 0.6 is 0 Å².